The van der Waals surface area contributed by atoms with Crippen molar-refractivity contribution >= 4 is 0 Å². The lowest BCUT2D eigenvalue weighted by atomic mass is 10.3. The second-order valence-electron chi connectivity index (χ2n) is 3.05. The van der Waals surface area contributed by atoms with E-state index >= 15 is 0 Å². The molecule has 0 saturated heterocycles. The minimum Gasteiger partial charge on any atom is -0.491 e. The van der Waals surface area contributed by atoms with Gasteiger partial charge in [0.25, 0.3) is 0 Å². The SMILES string of the molecule is N#Cc1ccncc1OCCCC(F)(F)F. The number of halogens is 3. The molecule has 1 aromatic rings. The molecule has 0 saturated carbocycles. The van der Waals surface area contributed by atoms with E-state index in [2.05, 4.69) is 4.98 Å². The molecule has 0 spiro atoms. The summed E-state index contributed by atoms with van der Waals surface area (Å²) in [5, 5.41) is 8.67. The summed E-state index contributed by atoms with van der Waals surface area (Å²) in [6.45, 7) is -0.0834. The third-order valence-corrected chi connectivity index (χ3v) is 1.77. The first kappa shape index (κ1) is 12.3. The first-order valence-corrected chi connectivity index (χ1v) is 4.56. The minimum atomic E-state index is -4.17. The summed E-state index contributed by atoms with van der Waals surface area (Å²) in [6, 6.07) is 3.31. The second kappa shape index (κ2) is 5.35. The summed E-state index contributed by atoms with van der Waals surface area (Å²) in [7, 11) is 0. The van der Waals surface area contributed by atoms with Crippen molar-refractivity contribution in [3.63, 3.8) is 0 Å². The predicted molar refractivity (Wildman–Crippen MR) is 49.7 cm³/mol. The summed E-state index contributed by atoms with van der Waals surface area (Å²) in [4.78, 5) is 3.72. The summed E-state index contributed by atoms with van der Waals surface area (Å²) < 4.78 is 40.5. The molecule has 1 heterocycles. The molecule has 1 aromatic heterocycles. The molecule has 86 valence electrons. The summed E-state index contributed by atoms with van der Waals surface area (Å²) in [5.41, 5.74) is 0.266. The molecule has 1 rings (SSSR count). The molecule has 0 radical (unpaired) electrons. The molecule has 0 unspecified atom stereocenters. The van der Waals surface area contributed by atoms with Crippen molar-refractivity contribution in [2.75, 3.05) is 6.61 Å². The zero-order valence-electron chi connectivity index (χ0n) is 8.29. The van der Waals surface area contributed by atoms with E-state index in [0.717, 1.165) is 0 Å². The minimum absolute atomic E-state index is 0.0834. The van der Waals surface area contributed by atoms with E-state index in [4.69, 9.17) is 10.00 Å². The maximum Gasteiger partial charge on any atom is 0.389 e. The van der Waals surface area contributed by atoms with Crippen LogP contribution in [0.3, 0.4) is 0 Å². The van der Waals surface area contributed by atoms with Gasteiger partial charge in [-0.15, -0.1) is 0 Å². The number of rotatable bonds is 4. The lowest BCUT2D eigenvalue weighted by Crippen LogP contribution is -2.10. The van der Waals surface area contributed by atoms with E-state index < -0.39 is 12.6 Å². The number of ether oxygens (including phenoxy) is 1. The molecule has 16 heavy (non-hydrogen) atoms. The highest BCUT2D eigenvalue weighted by molar-refractivity contribution is 5.40. The lowest BCUT2D eigenvalue weighted by molar-refractivity contribution is -0.136. The van der Waals surface area contributed by atoms with Crippen molar-refractivity contribution in [2.45, 2.75) is 19.0 Å². The van der Waals surface area contributed by atoms with Gasteiger partial charge in [-0.05, 0) is 12.5 Å². The Morgan fingerprint density at radius 3 is 2.81 bits per heavy atom. The maximum absolute atomic E-state index is 11.8. The van der Waals surface area contributed by atoms with Crippen LogP contribution in [0.4, 0.5) is 13.2 Å². The fraction of sp³-hybridized carbons (Fsp3) is 0.400. The van der Waals surface area contributed by atoms with Gasteiger partial charge >= 0.3 is 6.18 Å². The smallest absolute Gasteiger partial charge is 0.389 e. The van der Waals surface area contributed by atoms with Crippen LogP contribution in [0.15, 0.2) is 18.5 Å². The van der Waals surface area contributed by atoms with Crippen LogP contribution in [-0.4, -0.2) is 17.8 Å². The molecule has 0 fully saturated rings. The highest BCUT2D eigenvalue weighted by Gasteiger charge is 2.26. The van der Waals surface area contributed by atoms with Gasteiger partial charge in [0.1, 0.15) is 6.07 Å². The van der Waals surface area contributed by atoms with Crippen molar-refractivity contribution in [1.82, 2.24) is 4.98 Å². The molecule has 0 amide bonds. The van der Waals surface area contributed by atoms with Gasteiger partial charge in [0, 0.05) is 12.6 Å². The molecule has 3 nitrogen and oxygen atoms in total. The molecule has 0 N–H and O–H groups in total. The van der Waals surface area contributed by atoms with Gasteiger partial charge in [-0.1, -0.05) is 0 Å². The van der Waals surface area contributed by atoms with E-state index in [9.17, 15) is 13.2 Å². The second-order valence-corrected chi connectivity index (χ2v) is 3.05. The number of hydrogen-bond donors (Lipinski definition) is 0. The van der Waals surface area contributed by atoms with Gasteiger partial charge in [0.2, 0.25) is 0 Å². The van der Waals surface area contributed by atoms with Gasteiger partial charge in [-0.25, -0.2) is 0 Å². The molecule has 6 heteroatoms. The van der Waals surface area contributed by atoms with Crippen molar-refractivity contribution in [2.24, 2.45) is 0 Å². The molecule has 0 bridgehead atoms. The molecular formula is C10H9F3N2O. The van der Waals surface area contributed by atoms with Crippen molar-refractivity contribution in [3.05, 3.63) is 24.0 Å². The summed E-state index contributed by atoms with van der Waals surface area (Å²) in [5.74, 6) is 0.215. The zero-order chi connectivity index (χ0) is 12.0. The first-order valence-electron chi connectivity index (χ1n) is 4.56. The van der Waals surface area contributed by atoms with Crippen LogP contribution in [0.2, 0.25) is 0 Å². The topological polar surface area (TPSA) is 45.9 Å². The molecule has 0 aromatic carbocycles. The number of pyridine rings is 1. The Balaban J connectivity index is 2.41. The standard InChI is InChI=1S/C10H9F3N2O/c11-10(12,13)3-1-5-16-9-7-15-4-2-8(9)6-14/h2,4,7H,1,3,5H2. The van der Waals surface area contributed by atoms with E-state index in [1.807, 2.05) is 6.07 Å². The third kappa shape index (κ3) is 4.17. The van der Waals surface area contributed by atoms with E-state index in [0.29, 0.717) is 0 Å². The van der Waals surface area contributed by atoms with Crippen LogP contribution < -0.4 is 4.74 Å². The van der Waals surface area contributed by atoms with Gasteiger partial charge in [0.15, 0.2) is 5.75 Å². The monoisotopic (exact) mass is 230 g/mol. The largest absolute Gasteiger partial charge is 0.491 e. The number of aromatic nitrogens is 1. The normalized spacial score (nSPS) is 10.9. The van der Waals surface area contributed by atoms with Crippen LogP contribution in [-0.2, 0) is 0 Å². The Bertz CT molecular complexity index is 384. The average Bonchev–Trinajstić information content (AvgIpc) is 2.23. The zero-order valence-corrected chi connectivity index (χ0v) is 8.29. The van der Waals surface area contributed by atoms with Gasteiger partial charge in [-0.3, -0.25) is 4.98 Å². The van der Waals surface area contributed by atoms with Crippen LogP contribution in [0.5, 0.6) is 5.75 Å². The van der Waals surface area contributed by atoms with Crippen LogP contribution in [0.25, 0.3) is 0 Å². The van der Waals surface area contributed by atoms with Crippen molar-refractivity contribution in [1.29, 1.82) is 5.26 Å². The van der Waals surface area contributed by atoms with Gasteiger partial charge in [0.05, 0.1) is 18.4 Å². The Labute approximate surface area is 90.5 Å². The number of nitriles is 1. The Morgan fingerprint density at radius 1 is 1.44 bits per heavy atom. The van der Waals surface area contributed by atoms with Crippen LogP contribution >= 0.6 is 0 Å². The average molecular weight is 230 g/mol. The predicted octanol–water partition coefficient (Wildman–Crippen LogP) is 2.67. The van der Waals surface area contributed by atoms with Crippen molar-refractivity contribution in [3.8, 4) is 11.8 Å². The van der Waals surface area contributed by atoms with Gasteiger partial charge < -0.3 is 4.74 Å². The fourth-order valence-electron chi connectivity index (χ4n) is 1.04. The summed E-state index contributed by atoms with van der Waals surface area (Å²) in [6.07, 6.45) is -2.47. The van der Waals surface area contributed by atoms with Gasteiger partial charge in [-0.2, -0.15) is 18.4 Å². The maximum atomic E-state index is 11.8. The van der Waals surface area contributed by atoms with Crippen LogP contribution in [0, 0.1) is 11.3 Å². The van der Waals surface area contributed by atoms with Crippen LogP contribution in [0.1, 0.15) is 18.4 Å². The highest BCUT2D eigenvalue weighted by atomic mass is 19.4. The molecular weight excluding hydrogens is 221 g/mol. The molecule has 0 aliphatic carbocycles. The lowest BCUT2D eigenvalue weighted by Gasteiger charge is -2.08. The first-order chi connectivity index (χ1) is 7.53. The fourth-order valence-corrected chi connectivity index (χ4v) is 1.04. The third-order valence-electron chi connectivity index (χ3n) is 1.77. The number of nitrogens with zero attached hydrogens (tertiary/aromatic N) is 2. The molecule has 0 atom stereocenters. The molecule has 0 aliphatic heterocycles. The van der Waals surface area contributed by atoms with Crippen molar-refractivity contribution < 1.29 is 17.9 Å². The summed E-state index contributed by atoms with van der Waals surface area (Å²) >= 11 is 0. The Hall–Kier alpha value is -1.77. The highest BCUT2D eigenvalue weighted by Crippen LogP contribution is 2.22. The Morgan fingerprint density at radius 2 is 2.19 bits per heavy atom. The molecule has 0 aliphatic rings. The number of hydrogen-bond acceptors (Lipinski definition) is 3. The Kier molecular flexibility index (Phi) is 4.11. The van der Waals surface area contributed by atoms with E-state index in [1.165, 1.54) is 18.5 Å². The quantitative estimate of drug-likeness (QED) is 0.747. The number of alkyl halides is 3. The van der Waals surface area contributed by atoms with E-state index in [-0.39, 0.29) is 24.3 Å². The van der Waals surface area contributed by atoms with E-state index in [1.54, 1.807) is 0 Å².